The minimum absolute atomic E-state index is 0.0139. The fourth-order valence-electron chi connectivity index (χ4n) is 1.93. The Labute approximate surface area is 123 Å². The van der Waals surface area contributed by atoms with E-state index in [1.165, 1.54) is 7.11 Å². The van der Waals surface area contributed by atoms with Gasteiger partial charge in [-0.15, -0.1) is 0 Å². The molecule has 2 atom stereocenters. The number of hydrogen-bond acceptors (Lipinski definition) is 4. The van der Waals surface area contributed by atoms with Crippen LogP contribution in [0.2, 0.25) is 0 Å². The number of hydrogen-bond donors (Lipinski definition) is 1. The summed E-state index contributed by atoms with van der Waals surface area (Å²) in [5, 5.41) is 2.84. The molecule has 2 unspecified atom stereocenters. The first-order valence-corrected chi connectivity index (χ1v) is 8.48. The molecule has 5 nitrogen and oxygen atoms in total. The van der Waals surface area contributed by atoms with Crippen LogP contribution in [0.5, 0.6) is 0 Å². The summed E-state index contributed by atoms with van der Waals surface area (Å²) in [7, 11) is 0.132. The summed E-state index contributed by atoms with van der Waals surface area (Å²) in [5.41, 5.74) is -0.193. The van der Waals surface area contributed by atoms with Crippen LogP contribution < -0.4 is 5.32 Å². The third-order valence-corrected chi connectivity index (χ3v) is 5.37. The normalized spacial score (nSPS) is 19.2. The standard InChI is InChI=1S/C14H25NO4S/c1-10(2)11(3)15-12(16)8-20(18)9-14(5-6-14)7-13(17)19-4/h10-11H,5-9H2,1-4H3,(H,15,16). The van der Waals surface area contributed by atoms with Gasteiger partial charge in [0.25, 0.3) is 0 Å². The quantitative estimate of drug-likeness (QED) is 0.685. The molecule has 0 heterocycles. The van der Waals surface area contributed by atoms with Gasteiger partial charge in [-0.3, -0.25) is 13.8 Å². The van der Waals surface area contributed by atoms with E-state index >= 15 is 0 Å². The molecular weight excluding hydrogens is 278 g/mol. The van der Waals surface area contributed by atoms with E-state index in [-0.39, 0.29) is 29.1 Å². The van der Waals surface area contributed by atoms with Gasteiger partial charge in [-0.1, -0.05) is 13.8 Å². The van der Waals surface area contributed by atoms with Crippen LogP contribution in [-0.2, 0) is 25.1 Å². The fourth-order valence-corrected chi connectivity index (χ4v) is 3.48. The van der Waals surface area contributed by atoms with Gasteiger partial charge in [0, 0.05) is 22.6 Å². The molecular formula is C14H25NO4S. The molecule has 1 rings (SSSR count). The summed E-state index contributed by atoms with van der Waals surface area (Å²) < 4.78 is 16.7. The monoisotopic (exact) mass is 303 g/mol. The van der Waals surface area contributed by atoms with Gasteiger partial charge >= 0.3 is 5.97 Å². The number of rotatable bonds is 8. The van der Waals surface area contributed by atoms with Crippen LogP contribution in [0.25, 0.3) is 0 Å². The predicted octanol–water partition coefficient (Wildman–Crippen LogP) is 1.24. The first-order chi connectivity index (χ1) is 9.28. The highest BCUT2D eigenvalue weighted by Gasteiger charge is 2.46. The second kappa shape index (κ2) is 7.20. The van der Waals surface area contributed by atoms with Gasteiger partial charge in [0.05, 0.1) is 13.5 Å². The molecule has 1 N–H and O–H groups in total. The molecule has 0 radical (unpaired) electrons. The van der Waals surface area contributed by atoms with Crippen LogP contribution in [0.15, 0.2) is 0 Å². The van der Waals surface area contributed by atoms with Crippen molar-refractivity contribution >= 4 is 22.7 Å². The van der Waals surface area contributed by atoms with Gasteiger partial charge < -0.3 is 10.1 Å². The van der Waals surface area contributed by atoms with Gasteiger partial charge in [0.15, 0.2) is 0 Å². The lowest BCUT2D eigenvalue weighted by Gasteiger charge is -2.18. The first-order valence-electron chi connectivity index (χ1n) is 6.99. The van der Waals surface area contributed by atoms with Gasteiger partial charge in [0.1, 0.15) is 5.75 Å². The lowest BCUT2D eigenvalue weighted by atomic mass is 10.1. The smallest absolute Gasteiger partial charge is 0.306 e. The molecule has 0 aromatic heterocycles. The zero-order chi connectivity index (χ0) is 15.3. The van der Waals surface area contributed by atoms with Crippen LogP contribution >= 0.6 is 0 Å². The molecule has 20 heavy (non-hydrogen) atoms. The highest BCUT2D eigenvalue weighted by Crippen LogP contribution is 2.49. The SMILES string of the molecule is COC(=O)CC1(CS(=O)CC(=O)NC(C)C(C)C)CC1. The van der Waals surface area contributed by atoms with E-state index in [1.807, 2.05) is 20.8 Å². The number of carbonyl (C=O) groups excluding carboxylic acids is 2. The molecule has 0 bridgehead atoms. The van der Waals surface area contributed by atoms with Crippen molar-refractivity contribution in [3.8, 4) is 0 Å². The summed E-state index contributed by atoms with van der Waals surface area (Å²) >= 11 is 0. The number of esters is 1. The number of nitrogens with one attached hydrogen (secondary N) is 1. The average molecular weight is 303 g/mol. The maximum absolute atomic E-state index is 12.0. The molecule has 0 aromatic rings. The topological polar surface area (TPSA) is 72.5 Å². The van der Waals surface area contributed by atoms with Crippen molar-refractivity contribution in [2.75, 3.05) is 18.6 Å². The van der Waals surface area contributed by atoms with Crippen molar-refractivity contribution in [1.29, 1.82) is 0 Å². The van der Waals surface area contributed by atoms with Crippen molar-refractivity contribution in [1.82, 2.24) is 5.32 Å². The maximum atomic E-state index is 12.0. The molecule has 1 fully saturated rings. The van der Waals surface area contributed by atoms with E-state index in [4.69, 9.17) is 0 Å². The van der Waals surface area contributed by atoms with Crippen molar-refractivity contribution < 1.29 is 18.5 Å². The number of amides is 1. The maximum Gasteiger partial charge on any atom is 0.306 e. The lowest BCUT2D eigenvalue weighted by Crippen LogP contribution is -2.39. The molecule has 6 heteroatoms. The average Bonchev–Trinajstić information content (AvgIpc) is 3.07. The Morgan fingerprint density at radius 3 is 2.35 bits per heavy atom. The molecule has 116 valence electrons. The Balaban J connectivity index is 2.37. The van der Waals surface area contributed by atoms with Crippen LogP contribution in [-0.4, -0.2) is 40.7 Å². The van der Waals surface area contributed by atoms with E-state index in [0.29, 0.717) is 18.1 Å². The Hall–Kier alpha value is -0.910. The number of methoxy groups -OCH3 is 1. The van der Waals surface area contributed by atoms with E-state index in [0.717, 1.165) is 12.8 Å². The number of carbonyl (C=O) groups is 2. The molecule has 0 saturated heterocycles. The zero-order valence-corrected chi connectivity index (χ0v) is 13.5. The summed E-state index contributed by atoms with van der Waals surface area (Å²) in [6.45, 7) is 5.99. The second-order valence-corrected chi connectivity index (χ2v) is 7.54. The molecule has 0 aliphatic heterocycles. The lowest BCUT2D eigenvalue weighted by molar-refractivity contribution is -0.141. The Morgan fingerprint density at radius 1 is 1.30 bits per heavy atom. The molecule has 1 aliphatic rings. The van der Waals surface area contributed by atoms with Crippen molar-refractivity contribution in [3.05, 3.63) is 0 Å². The first kappa shape index (κ1) is 17.1. The zero-order valence-electron chi connectivity index (χ0n) is 12.7. The fraction of sp³-hybridized carbons (Fsp3) is 0.857. The second-order valence-electron chi connectivity index (χ2n) is 6.08. The Kier molecular flexibility index (Phi) is 6.17. The van der Waals surface area contributed by atoms with E-state index in [9.17, 15) is 13.8 Å². The van der Waals surface area contributed by atoms with Crippen LogP contribution in [0.4, 0.5) is 0 Å². The summed E-state index contributed by atoms with van der Waals surface area (Å²) in [4.78, 5) is 23.0. The van der Waals surface area contributed by atoms with E-state index in [1.54, 1.807) is 0 Å². The third kappa shape index (κ3) is 5.61. The summed E-state index contributed by atoms with van der Waals surface area (Å²) in [5.74, 6) is 0.322. The number of ether oxygens (including phenoxy) is 1. The van der Waals surface area contributed by atoms with Crippen molar-refractivity contribution in [2.45, 2.75) is 46.1 Å². The minimum atomic E-state index is -1.22. The highest BCUT2D eigenvalue weighted by molar-refractivity contribution is 7.85. The summed E-state index contributed by atoms with van der Waals surface area (Å²) in [6, 6.07) is 0.0736. The van der Waals surface area contributed by atoms with Crippen LogP contribution in [0, 0.1) is 11.3 Å². The van der Waals surface area contributed by atoms with Gasteiger partial charge in [0.2, 0.25) is 5.91 Å². The largest absolute Gasteiger partial charge is 0.469 e. The molecule has 1 saturated carbocycles. The predicted molar refractivity (Wildman–Crippen MR) is 78.6 cm³/mol. The molecule has 0 aromatic carbocycles. The van der Waals surface area contributed by atoms with E-state index < -0.39 is 10.8 Å². The van der Waals surface area contributed by atoms with Crippen molar-refractivity contribution in [2.24, 2.45) is 11.3 Å². The minimum Gasteiger partial charge on any atom is -0.469 e. The molecule has 0 spiro atoms. The van der Waals surface area contributed by atoms with E-state index in [2.05, 4.69) is 10.1 Å². The highest BCUT2D eigenvalue weighted by atomic mass is 32.2. The van der Waals surface area contributed by atoms with Crippen LogP contribution in [0.1, 0.15) is 40.0 Å². The van der Waals surface area contributed by atoms with Crippen LogP contribution in [0.3, 0.4) is 0 Å². The van der Waals surface area contributed by atoms with Gasteiger partial charge in [-0.2, -0.15) is 0 Å². The summed E-state index contributed by atoms with van der Waals surface area (Å²) in [6.07, 6.45) is 2.08. The van der Waals surface area contributed by atoms with Gasteiger partial charge in [-0.25, -0.2) is 0 Å². The van der Waals surface area contributed by atoms with Gasteiger partial charge in [-0.05, 0) is 31.1 Å². The third-order valence-electron chi connectivity index (χ3n) is 3.85. The molecule has 1 aliphatic carbocycles. The van der Waals surface area contributed by atoms with Crippen molar-refractivity contribution in [3.63, 3.8) is 0 Å². The Morgan fingerprint density at radius 2 is 1.90 bits per heavy atom. The Bertz CT molecular complexity index is 391. The molecule has 1 amide bonds.